The average Bonchev–Trinajstić information content (AvgIpc) is 2.25. The molecule has 1 atom stereocenters. The van der Waals surface area contributed by atoms with Gasteiger partial charge in [0, 0.05) is 19.2 Å². The topological polar surface area (TPSA) is 84.1 Å². The number of alkyl halides is 3. The number of halogens is 3. The van der Waals surface area contributed by atoms with Crippen LogP contribution in [0.3, 0.4) is 0 Å². The fourth-order valence-corrected chi connectivity index (χ4v) is 1.28. The van der Waals surface area contributed by atoms with E-state index in [1.54, 1.807) is 0 Å². The fraction of sp³-hybridized carbons (Fsp3) is 0.600. The number of nitrogens with two attached hydrogens (primary N) is 1. The van der Waals surface area contributed by atoms with Crippen molar-refractivity contribution in [1.29, 1.82) is 0 Å². The third-order valence-electron chi connectivity index (χ3n) is 2.25. The first-order valence-corrected chi connectivity index (χ1v) is 5.39. The molecule has 0 amide bonds. The molecule has 4 N–H and O–H groups in total. The average molecular weight is 264 g/mol. The molecule has 0 spiro atoms. The monoisotopic (exact) mass is 264 g/mol. The summed E-state index contributed by atoms with van der Waals surface area (Å²) in [7, 11) is 0. The zero-order chi connectivity index (χ0) is 13.8. The van der Waals surface area contributed by atoms with Crippen LogP contribution in [0.5, 0.6) is 0 Å². The van der Waals surface area contributed by atoms with Gasteiger partial charge in [-0.05, 0) is 12.3 Å². The van der Waals surface area contributed by atoms with Crippen molar-refractivity contribution >= 4 is 11.6 Å². The summed E-state index contributed by atoms with van der Waals surface area (Å²) in [6.45, 7) is 2.29. The lowest BCUT2D eigenvalue weighted by molar-refractivity contribution is -0.144. The van der Waals surface area contributed by atoms with Crippen molar-refractivity contribution in [3.05, 3.63) is 11.9 Å². The van der Waals surface area contributed by atoms with Crippen LogP contribution in [-0.2, 0) is 6.18 Å². The summed E-state index contributed by atoms with van der Waals surface area (Å²) < 4.78 is 37.3. The van der Waals surface area contributed by atoms with Gasteiger partial charge in [0.1, 0.15) is 11.6 Å². The van der Waals surface area contributed by atoms with Crippen LogP contribution in [0.1, 0.15) is 19.2 Å². The van der Waals surface area contributed by atoms with E-state index in [4.69, 9.17) is 10.8 Å². The quantitative estimate of drug-likeness (QED) is 0.750. The molecule has 1 aromatic heterocycles. The Morgan fingerprint density at radius 1 is 1.44 bits per heavy atom. The van der Waals surface area contributed by atoms with Crippen LogP contribution in [0, 0.1) is 5.92 Å². The van der Waals surface area contributed by atoms with Gasteiger partial charge in [0.05, 0.1) is 0 Å². The lowest BCUT2D eigenvalue weighted by Crippen LogP contribution is -2.17. The highest BCUT2D eigenvalue weighted by atomic mass is 19.4. The van der Waals surface area contributed by atoms with E-state index in [0.29, 0.717) is 13.0 Å². The molecule has 1 heterocycles. The summed E-state index contributed by atoms with van der Waals surface area (Å²) in [6.07, 6.45) is -4.07. The van der Waals surface area contributed by atoms with Crippen molar-refractivity contribution in [3.63, 3.8) is 0 Å². The van der Waals surface area contributed by atoms with E-state index in [-0.39, 0.29) is 24.2 Å². The maximum Gasteiger partial charge on any atom is 0.451 e. The molecule has 5 nitrogen and oxygen atoms in total. The molecule has 102 valence electrons. The fourth-order valence-electron chi connectivity index (χ4n) is 1.28. The van der Waals surface area contributed by atoms with Gasteiger partial charge in [-0.1, -0.05) is 6.92 Å². The number of aliphatic hydroxyl groups excluding tert-OH is 1. The molecular formula is C10H15F3N4O. The van der Waals surface area contributed by atoms with Gasteiger partial charge >= 0.3 is 6.18 Å². The zero-order valence-corrected chi connectivity index (χ0v) is 9.83. The van der Waals surface area contributed by atoms with Crippen molar-refractivity contribution in [2.45, 2.75) is 19.5 Å². The molecule has 0 aliphatic carbocycles. The molecule has 0 fully saturated rings. The number of hydrogen-bond acceptors (Lipinski definition) is 5. The Morgan fingerprint density at radius 2 is 2.11 bits per heavy atom. The van der Waals surface area contributed by atoms with E-state index in [1.165, 1.54) is 6.07 Å². The van der Waals surface area contributed by atoms with Crippen molar-refractivity contribution < 1.29 is 18.3 Å². The molecule has 0 saturated carbocycles. The lowest BCUT2D eigenvalue weighted by Gasteiger charge is -2.13. The molecule has 0 aliphatic heterocycles. The number of nitrogens with one attached hydrogen (secondary N) is 1. The molecule has 1 rings (SSSR count). The van der Waals surface area contributed by atoms with Gasteiger partial charge in [-0.3, -0.25) is 0 Å². The number of nitrogens with zero attached hydrogens (tertiary/aromatic N) is 2. The first-order chi connectivity index (χ1) is 8.32. The van der Waals surface area contributed by atoms with Gasteiger partial charge in [0.2, 0.25) is 5.82 Å². The van der Waals surface area contributed by atoms with E-state index in [9.17, 15) is 13.2 Å². The second kappa shape index (κ2) is 5.85. The largest absolute Gasteiger partial charge is 0.451 e. The second-order valence-corrected chi connectivity index (χ2v) is 4.00. The predicted molar refractivity (Wildman–Crippen MR) is 60.8 cm³/mol. The molecule has 0 bridgehead atoms. The molecule has 8 heteroatoms. The third-order valence-corrected chi connectivity index (χ3v) is 2.25. The molecule has 18 heavy (non-hydrogen) atoms. The van der Waals surface area contributed by atoms with Crippen LogP contribution in [-0.4, -0.2) is 28.2 Å². The van der Waals surface area contributed by atoms with Gasteiger partial charge in [0.25, 0.3) is 0 Å². The maximum atomic E-state index is 12.4. The van der Waals surface area contributed by atoms with Gasteiger partial charge in [-0.2, -0.15) is 13.2 Å². The summed E-state index contributed by atoms with van der Waals surface area (Å²) in [5, 5.41) is 11.4. The van der Waals surface area contributed by atoms with E-state index in [2.05, 4.69) is 15.3 Å². The Hall–Kier alpha value is -1.57. The normalized spacial score (nSPS) is 13.4. The first-order valence-electron chi connectivity index (χ1n) is 5.39. The SMILES string of the molecule is CC(CCO)CNc1cc(N)nc(C(F)(F)F)n1. The van der Waals surface area contributed by atoms with E-state index in [1.807, 2.05) is 6.92 Å². The number of aliphatic hydroxyl groups is 1. The minimum atomic E-state index is -4.62. The highest BCUT2D eigenvalue weighted by Crippen LogP contribution is 2.27. The Kier molecular flexibility index (Phi) is 4.71. The molecule has 1 aromatic rings. The second-order valence-electron chi connectivity index (χ2n) is 4.00. The Labute approximate surface area is 102 Å². The first kappa shape index (κ1) is 14.5. The molecule has 0 radical (unpaired) electrons. The molecule has 0 aromatic carbocycles. The van der Waals surface area contributed by atoms with Crippen molar-refractivity contribution in [1.82, 2.24) is 9.97 Å². The van der Waals surface area contributed by atoms with E-state index >= 15 is 0 Å². The predicted octanol–water partition coefficient (Wildman–Crippen LogP) is 1.51. The number of aromatic nitrogens is 2. The Bertz CT molecular complexity index is 397. The number of nitrogen functional groups attached to an aromatic ring is 1. The van der Waals surface area contributed by atoms with Gasteiger partial charge in [-0.15, -0.1) is 0 Å². The van der Waals surface area contributed by atoms with Crippen molar-refractivity contribution in [3.8, 4) is 0 Å². The number of hydrogen-bond donors (Lipinski definition) is 3. The van der Waals surface area contributed by atoms with Gasteiger partial charge in [-0.25, -0.2) is 9.97 Å². The summed E-state index contributed by atoms with van der Waals surface area (Å²) >= 11 is 0. The lowest BCUT2D eigenvalue weighted by atomic mass is 10.1. The number of anilines is 2. The molecule has 0 aliphatic rings. The summed E-state index contributed by atoms with van der Waals surface area (Å²) in [6, 6.07) is 1.24. The van der Waals surface area contributed by atoms with E-state index < -0.39 is 12.0 Å². The van der Waals surface area contributed by atoms with Gasteiger partial charge < -0.3 is 16.2 Å². The standard InChI is InChI=1S/C10H15F3N4O/c1-6(2-3-18)5-15-8-4-7(14)16-9(17-8)10(11,12)13/h4,6,18H,2-3,5H2,1H3,(H3,14,15,16,17). The van der Waals surface area contributed by atoms with Crippen LogP contribution in [0.25, 0.3) is 0 Å². The van der Waals surface area contributed by atoms with Gasteiger partial charge in [0.15, 0.2) is 0 Å². The highest BCUT2D eigenvalue weighted by molar-refractivity contribution is 5.44. The summed E-state index contributed by atoms with van der Waals surface area (Å²) in [5.74, 6) is -1.37. The third kappa shape index (κ3) is 4.36. The minimum absolute atomic E-state index is 0.0274. The van der Waals surface area contributed by atoms with Crippen LogP contribution in [0.15, 0.2) is 6.07 Å². The highest BCUT2D eigenvalue weighted by Gasteiger charge is 2.35. The maximum absolute atomic E-state index is 12.4. The minimum Gasteiger partial charge on any atom is -0.396 e. The molecule has 0 saturated heterocycles. The number of rotatable bonds is 5. The Morgan fingerprint density at radius 3 is 2.67 bits per heavy atom. The Balaban J connectivity index is 2.75. The van der Waals surface area contributed by atoms with Crippen LogP contribution in [0.2, 0.25) is 0 Å². The molecular weight excluding hydrogens is 249 g/mol. The van der Waals surface area contributed by atoms with E-state index in [0.717, 1.165) is 0 Å². The van der Waals surface area contributed by atoms with Crippen LogP contribution >= 0.6 is 0 Å². The summed E-state index contributed by atoms with van der Waals surface area (Å²) in [5.41, 5.74) is 5.29. The smallest absolute Gasteiger partial charge is 0.396 e. The summed E-state index contributed by atoms with van der Waals surface area (Å²) in [4.78, 5) is 6.48. The van der Waals surface area contributed by atoms with Crippen LogP contribution < -0.4 is 11.1 Å². The zero-order valence-electron chi connectivity index (χ0n) is 9.83. The van der Waals surface area contributed by atoms with Crippen molar-refractivity contribution in [2.75, 3.05) is 24.2 Å². The van der Waals surface area contributed by atoms with Crippen LogP contribution in [0.4, 0.5) is 24.8 Å². The van der Waals surface area contributed by atoms with Crippen molar-refractivity contribution in [2.24, 2.45) is 5.92 Å². The molecule has 1 unspecified atom stereocenters.